The van der Waals surface area contributed by atoms with Crippen molar-refractivity contribution in [3.8, 4) is 0 Å². The van der Waals surface area contributed by atoms with Crippen LogP contribution in [-0.2, 0) is 0 Å². The predicted octanol–water partition coefficient (Wildman–Crippen LogP) is 3.03. The van der Waals surface area contributed by atoms with E-state index >= 15 is 0 Å². The van der Waals surface area contributed by atoms with E-state index in [1.165, 1.54) is 56.4 Å². The van der Waals surface area contributed by atoms with Crippen LogP contribution in [0, 0.1) is 0 Å². The Hall–Kier alpha value is -0.770. The molecule has 3 N–H and O–H groups in total. The minimum Gasteiger partial charge on any atom is -0.350 e. The molecule has 102 valence electrons. The van der Waals surface area contributed by atoms with Crippen molar-refractivity contribution in [2.75, 3.05) is 13.6 Å². The van der Waals surface area contributed by atoms with Crippen LogP contribution in [0.4, 0.5) is 4.79 Å². The van der Waals surface area contributed by atoms with E-state index in [1.807, 2.05) is 0 Å². The second-order valence-electron chi connectivity index (χ2n) is 4.63. The van der Waals surface area contributed by atoms with Gasteiger partial charge in [0.1, 0.15) is 0 Å². The Kier molecular flexibility index (Phi) is 11.2. The highest BCUT2D eigenvalue weighted by atomic mass is 16.2. The minimum atomic E-state index is -0.430. The van der Waals surface area contributed by atoms with Gasteiger partial charge < -0.3 is 5.73 Å². The number of nitrogens with two attached hydrogens (primary N) is 1. The Morgan fingerprint density at radius 1 is 1.00 bits per heavy atom. The molecule has 0 rings (SSSR count). The fourth-order valence-electron chi connectivity index (χ4n) is 1.76. The standard InChI is InChI=1S/C13H29N3O/c1-3-4-5-6-7-8-9-10-11-12-15-16(2)13(14)17/h15H,3-12H2,1-2H3,(H2,14,17). The van der Waals surface area contributed by atoms with Gasteiger partial charge in [0.05, 0.1) is 0 Å². The summed E-state index contributed by atoms with van der Waals surface area (Å²) in [6.45, 7) is 3.07. The molecule has 0 bridgehead atoms. The van der Waals surface area contributed by atoms with Crippen LogP contribution in [0.5, 0.6) is 0 Å². The average molecular weight is 243 g/mol. The Bertz CT molecular complexity index is 186. The number of carbonyl (C=O) groups excluding carboxylic acids is 1. The second-order valence-corrected chi connectivity index (χ2v) is 4.63. The lowest BCUT2D eigenvalue weighted by Gasteiger charge is -2.15. The van der Waals surface area contributed by atoms with Crippen LogP contribution in [0.25, 0.3) is 0 Å². The van der Waals surface area contributed by atoms with E-state index in [-0.39, 0.29) is 0 Å². The number of nitrogens with zero attached hydrogens (tertiary/aromatic N) is 1. The number of primary amides is 1. The van der Waals surface area contributed by atoms with Crippen molar-refractivity contribution in [3.63, 3.8) is 0 Å². The molecule has 0 aromatic rings. The van der Waals surface area contributed by atoms with E-state index in [0.29, 0.717) is 0 Å². The lowest BCUT2D eigenvalue weighted by Crippen LogP contribution is -2.43. The molecule has 0 aliphatic heterocycles. The zero-order valence-corrected chi connectivity index (χ0v) is 11.5. The number of rotatable bonds is 11. The van der Waals surface area contributed by atoms with Crippen molar-refractivity contribution in [1.29, 1.82) is 0 Å². The van der Waals surface area contributed by atoms with Crippen LogP contribution >= 0.6 is 0 Å². The van der Waals surface area contributed by atoms with Crippen molar-refractivity contribution >= 4 is 6.03 Å². The second kappa shape index (κ2) is 11.7. The third kappa shape index (κ3) is 11.5. The first kappa shape index (κ1) is 16.2. The monoisotopic (exact) mass is 243 g/mol. The van der Waals surface area contributed by atoms with E-state index < -0.39 is 6.03 Å². The molecule has 0 aliphatic rings. The zero-order chi connectivity index (χ0) is 12.9. The fraction of sp³-hybridized carbons (Fsp3) is 0.923. The number of unbranched alkanes of at least 4 members (excludes halogenated alkanes) is 8. The van der Waals surface area contributed by atoms with E-state index in [4.69, 9.17) is 5.73 Å². The molecule has 0 atom stereocenters. The zero-order valence-electron chi connectivity index (χ0n) is 11.5. The predicted molar refractivity (Wildman–Crippen MR) is 72.6 cm³/mol. The number of hydrogen-bond donors (Lipinski definition) is 2. The van der Waals surface area contributed by atoms with Crippen LogP contribution in [-0.4, -0.2) is 24.6 Å². The molecule has 2 amide bonds. The summed E-state index contributed by atoms with van der Waals surface area (Å²) < 4.78 is 0. The molecule has 0 radical (unpaired) electrons. The number of nitrogens with one attached hydrogen (secondary N) is 1. The van der Waals surface area contributed by atoms with Gasteiger partial charge in [0.2, 0.25) is 0 Å². The van der Waals surface area contributed by atoms with Gasteiger partial charge in [-0.3, -0.25) is 5.01 Å². The van der Waals surface area contributed by atoms with Gasteiger partial charge in [-0.15, -0.1) is 0 Å². The van der Waals surface area contributed by atoms with Crippen molar-refractivity contribution in [3.05, 3.63) is 0 Å². The smallest absolute Gasteiger partial charge is 0.328 e. The maximum Gasteiger partial charge on any atom is 0.328 e. The van der Waals surface area contributed by atoms with Gasteiger partial charge in [0.15, 0.2) is 0 Å². The highest BCUT2D eigenvalue weighted by molar-refractivity contribution is 5.70. The lowest BCUT2D eigenvalue weighted by atomic mass is 10.1. The molecule has 4 nitrogen and oxygen atoms in total. The Morgan fingerprint density at radius 2 is 1.47 bits per heavy atom. The average Bonchev–Trinajstić information content (AvgIpc) is 2.31. The van der Waals surface area contributed by atoms with Crippen molar-refractivity contribution in [2.24, 2.45) is 5.73 Å². The summed E-state index contributed by atoms with van der Waals surface area (Å²) in [4.78, 5) is 10.7. The van der Waals surface area contributed by atoms with Gasteiger partial charge >= 0.3 is 6.03 Å². The Balaban J connectivity index is 3.06. The molecule has 0 aliphatic carbocycles. The highest BCUT2D eigenvalue weighted by Crippen LogP contribution is 2.09. The van der Waals surface area contributed by atoms with Gasteiger partial charge in [-0.1, -0.05) is 58.3 Å². The summed E-state index contributed by atoms with van der Waals surface area (Å²) in [6.07, 6.45) is 11.8. The fourth-order valence-corrected chi connectivity index (χ4v) is 1.76. The van der Waals surface area contributed by atoms with Gasteiger partial charge in [-0.05, 0) is 6.42 Å². The Labute approximate surface area is 106 Å². The summed E-state index contributed by atoms with van der Waals surface area (Å²) in [5, 5.41) is 1.34. The first-order chi connectivity index (χ1) is 8.18. The molecule has 4 heteroatoms. The first-order valence-electron chi connectivity index (χ1n) is 6.95. The molecule has 0 spiro atoms. The van der Waals surface area contributed by atoms with E-state index in [1.54, 1.807) is 7.05 Å². The van der Waals surface area contributed by atoms with Crippen molar-refractivity contribution in [2.45, 2.75) is 64.7 Å². The quantitative estimate of drug-likeness (QED) is 0.433. The van der Waals surface area contributed by atoms with E-state index in [0.717, 1.165) is 13.0 Å². The summed E-state index contributed by atoms with van der Waals surface area (Å²) in [6, 6.07) is -0.430. The molecule has 0 heterocycles. The van der Waals surface area contributed by atoms with Crippen LogP contribution < -0.4 is 11.2 Å². The topological polar surface area (TPSA) is 58.4 Å². The number of urea groups is 1. The number of carbonyl (C=O) groups is 1. The molecule has 0 unspecified atom stereocenters. The van der Waals surface area contributed by atoms with Gasteiger partial charge in [0.25, 0.3) is 0 Å². The summed E-state index contributed by atoms with van der Waals surface area (Å²) >= 11 is 0. The maximum absolute atomic E-state index is 10.7. The molecule has 0 aromatic carbocycles. The molecule has 0 saturated heterocycles. The minimum absolute atomic E-state index is 0.430. The molecular weight excluding hydrogens is 214 g/mol. The number of hydrazine groups is 1. The SMILES string of the molecule is CCCCCCCCCCCNN(C)C(N)=O. The van der Waals surface area contributed by atoms with Gasteiger partial charge in [0, 0.05) is 13.6 Å². The summed E-state index contributed by atoms with van der Waals surface area (Å²) in [5.74, 6) is 0. The molecule has 0 aromatic heterocycles. The van der Waals surface area contributed by atoms with Crippen LogP contribution in [0.3, 0.4) is 0 Å². The Morgan fingerprint density at radius 3 is 1.94 bits per heavy atom. The van der Waals surface area contributed by atoms with Crippen LogP contribution in [0.1, 0.15) is 64.7 Å². The molecule has 0 saturated carbocycles. The molecule has 17 heavy (non-hydrogen) atoms. The van der Waals surface area contributed by atoms with Crippen LogP contribution in [0.2, 0.25) is 0 Å². The number of amides is 2. The number of hydrogen-bond acceptors (Lipinski definition) is 2. The normalized spacial score (nSPS) is 10.5. The van der Waals surface area contributed by atoms with E-state index in [9.17, 15) is 4.79 Å². The van der Waals surface area contributed by atoms with Crippen LogP contribution in [0.15, 0.2) is 0 Å². The third-order valence-electron chi connectivity index (χ3n) is 2.96. The molecule has 0 fully saturated rings. The van der Waals surface area contributed by atoms with Gasteiger partial charge in [-0.2, -0.15) is 0 Å². The van der Waals surface area contributed by atoms with Gasteiger partial charge in [-0.25, -0.2) is 10.2 Å². The highest BCUT2D eigenvalue weighted by Gasteiger charge is 1.99. The lowest BCUT2D eigenvalue weighted by molar-refractivity contribution is 0.196. The van der Waals surface area contributed by atoms with Crippen molar-refractivity contribution < 1.29 is 4.79 Å². The largest absolute Gasteiger partial charge is 0.350 e. The first-order valence-corrected chi connectivity index (χ1v) is 6.95. The maximum atomic E-state index is 10.7. The summed E-state index contributed by atoms with van der Waals surface area (Å²) in [7, 11) is 1.65. The third-order valence-corrected chi connectivity index (χ3v) is 2.96. The van der Waals surface area contributed by atoms with E-state index in [2.05, 4.69) is 12.3 Å². The summed E-state index contributed by atoms with van der Waals surface area (Å²) in [5.41, 5.74) is 8.04. The molecular formula is C13H29N3O. The van der Waals surface area contributed by atoms with Crippen molar-refractivity contribution in [1.82, 2.24) is 10.4 Å².